The zero-order chi connectivity index (χ0) is 13.9. The molecule has 20 heavy (non-hydrogen) atoms. The van der Waals surface area contributed by atoms with Gasteiger partial charge in [-0.25, -0.2) is 0 Å². The first kappa shape index (κ1) is 12.8. The molecule has 3 aromatic rings. The molecule has 0 radical (unpaired) electrons. The molecule has 100 valence electrons. The van der Waals surface area contributed by atoms with Crippen molar-refractivity contribution in [1.82, 2.24) is 20.2 Å². The van der Waals surface area contributed by atoms with E-state index in [-0.39, 0.29) is 0 Å². The molecular formula is C15H13ClN4. The molecule has 0 aliphatic rings. The third-order valence-electron chi connectivity index (χ3n) is 3.08. The van der Waals surface area contributed by atoms with Crippen LogP contribution in [0, 0.1) is 6.92 Å². The number of tetrazole rings is 1. The molecule has 3 rings (SSSR count). The van der Waals surface area contributed by atoms with E-state index in [1.165, 1.54) is 0 Å². The third kappa shape index (κ3) is 2.42. The summed E-state index contributed by atoms with van der Waals surface area (Å²) >= 11 is 5.83. The summed E-state index contributed by atoms with van der Waals surface area (Å²) in [6, 6.07) is 15.8. The zero-order valence-electron chi connectivity index (χ0n) is 11.0. The Bertz CT molecular complexity index is 722. The van der Waals surface area contributed by atoms with Crippen molar-refractivity contribution in [2.45, 2.75) is 12.8 Å². The van der Waals surface area contributed by atoms with Crippen LogP contribution in [0.4, 0.5) is 0 Å². The summed E-state index contributed by atoms with van der Waals surface area (Å²) in [4.78, 5) is 1.55. The van der Waals surface area contributed by atoms with Crippen LogP contribution < -0.4 is 0 Å². The van der Waals surface area contributed by atoms with Crippen LogP contribution in [0.15, 0.2) is 48.5 Å². The fraction of sp³-hybridized carbons (Fsp3) is 0.133. The van der Waals surface area contributed by atoms with Gasteiger partial charge in [-0.15, -0.1) is 26.6 Å². The van der Waals surface area contributed by atoms with Crippen LogP contribution >= 0.6 is 11.6 Å². The summed E-state index contributed by atoms with van der Waals surface area (Å²) in [5.74, 6) is 1.12. The van der Waals surface area contributed by atoms with E-state index in [9.17, 15) is 0 Å². The lowest BCUT2D eigenvalue weighted by molar-refractivity contribution is 0.715. The second-order valence-corrected chi connectivity index (χ2v) is 4.79. The highest BCUT2D eigenvalue weighted by atomic mass is 35.5. The van der Waals surface area contributed by atoms with Crippen LogP contribution in [-0.2, 0) is 5.88 Å². The molecule has 0 saturated carbocycles. The van der Waals surface area contributed by atoms with Crippen LogP contribution in [-0.4, -0.2) is 20.2 Å². The average molecular weight is 285 g/mol. The Morgan fingerprint density at radius 3 is 2.60 bits per heavy atom. The SMILES string of the molecule is Cc1cc(CCl)ccc1-n1nnc(-c2ccccc2)n1. The second kappa shape index (κ2) is 5.43. The second-order valence-electron chi connectivity index (χ2n) is 4.52. The molecule has 2 aromatic carbocycles. The van der Waals surface area contributed by atoms with E-state index in [0.717, 1.165) is 22.4 Å². The van der Waals surface area contributed by atoms with Gasteiger partial charge >= 0.3 is 0 Å². The van der Waals surface area contributed by atoms with Crippen LogP contribution in [0.1, 0.15) is 11.1 Å². The molecule has 1 heterocycles. The van der Waals surface area contributed by atoms with Crippen molar-refractivity contribution in [3.05, 3.63) is 59.7 Å². The lowest BCUT2D eigenvalue weighted by Gasteiger charge is -2.04. The van der Waals surface area contributed by atoms with Crippen molar-refractivity contribution in [1.29, 1.82) is 0 Å². The van der Waals surface area contributed by atoms with E-state index in [4.69, 9.17) is 11.6 Å². The highest BCUT2D eigenvalue weighted by Crippen LogP contribution is 2.17. The standard InChI is InChI=1S/C15H13ClN4/c1-11-9-12(10-16)7-8-14(11)20-18-15(17-19-20)13-5-3-2-4-6-13/h2-9H,10H2,1H3. The highest BCUT2D eigenvalue weighted by molar-refractivity contribution is 6.17. The van der Waals surface area contributed by atoms with Crippen LogP contribution in [0.5, 0.6) is 0 Å². The van der Waals surface area contributed by atoms with Crippen molar-refractivity contribution in [3.8, 4) is 17.1 Å². The number of aromatic nitrogens is 4. The molecule has 0 amide bonds. The normalized spacial score (nSPS) is 10.7. The van der Waals surface area contributed by atoms with E-state index in [0.29, 0.717) is 11.7 Å². The molecule has 0 fully saturated rings. The van der Waals surface area contributed by atoms with Crippen molar-refractivity contribution >= 4 is 11.6 Å². The topological polar surface area (TPSA) is 43.6 Å². The Morgan fingerprint density at radius 2 is 1.90 bits per heavy atom. The van der Waals surface area contributed by atoms with Gasteiger partial charge in [-0.3, -0.25) is 0 Å². The first-order valence-corrected chi connectivity index (χ1v) is 6.82. The van der Waals surface area contributed by atoms with Crippen LogP contribution in [0.2, 0.25) is 0 Å². The van der Waals surface area contributed by atoms with Gasteiger partial charge in [-0.05, 0) is 29.3 Å². The fourth-order valence-corrected chi connectivity index (χ4v) is 2.21. The smallest absolute Gasteiger partial charge is 0.130 e. The molecule has 5 heteroatoms. The number of aryl methyl sites for hydroxylation is 1. The Morgan fingerprint density at radius 1 is 1.10 bits per heavy atom. The quantitative estimate of drug-likeness (QED) is 0.693. The van der Waals surface area contributed by atoms with E-state index < -0.39 is 0 Å². The number of halogens is 1. The van der Waals surface area contributed by atoms with Gasteiger partial charge in [0.2, 0.25) is 5.82 Å². The molecule has 0 N–H and O–H groups in total. The summed E-state index contributed by atoms with van der Waals surface area (Å²) in [6.45, 7) is 2.01. The number of hydrogen-bond donors (Lipinski definition) is 0. The Labute approximate surface area is 122 Å². The minimum atomic E-state index is 0.501. The maximum absolute atomic E-state index is 5.83. The number of benzene rings is 2. The Hall–Kier alpha value is -2.20. The lowest BCUT2D eigenvalue weighted by Crippen LogP contribution is -2.02. The minimum absolute atomic E-state index is 0.501. The molecule has 0 aliphatic carbocycles. The first-order chi connectivity index (χ1) is 9.78. The minimum Gasteiger partial charge on any atom is -0.130 e. The number of rotatable bonds is 3. The van der Waals surface area contributed by atoms with Gasteiger partial charge in [0.25, 0.3) is 0 Å². The predicted octanol–water partition coefficient (Wildman–Crippen LogP) is 3.38. The van der Waals surface area contributed by atoms with Gasteiger partial charge in [0.05, 0.1) is 5.69 Å². The van der Waals surface area contributed by atoms with Crippen molar-refractivity contribution < 1.29 is 0 Å². The Kier molecular flexibility index (Phi) is 3.48. The third-order valence-corrected chi connectivity index (χ3v) is 3.39. The van der Waals surface area contributed by atoms with E-state index in [1.54, 1.807) is 4.80 Å². The first-order valence-electron chi connectivity index (χ1n) is 6.29. The van der Waals surface area contributed by atoms with Gasteiger partial charge in [0.1, 0.15) is 0 Å². The monoisotopic (exact) mass is 284 g/mol. The lowest BCUT2D eigenvalue weighted by atomic mass is 10.1. The average Bonchev–Trinajstić information content (AvgIpc) is 2.97. The molecule has 0 atom stereocenters. The number of nitrogens with zero attached hydrogens (tertiary/aromatic N) is 4. The van der Waals surface area contributed by atoms with E-state index in [2.05, 4.69) is 15.4 Å². The number of alkyl halides is 1. The summed E-state index contributed by atoms with van der Waals surface area (Å²) in [6.07, 6.45) is 0. The molecule has 0 unspecified atom stereocenters. The molecule has 4 nitrogen and oxygen atoms in total. The summed E-state index contributed by atoms with van der Waals surface area (Å²) < 4.78 is 0. The summed E-state index contributed by atoms with van der Waals surface area (Å²) in [5.41, 5.74) is 4.01. The summed E-state index contributed by atoms with van der Waals surface area (Å²) in [5, 5.41) is 12.7. The zero-order valence-corrected chi connectivity index (χ0v) is 11.7. The fourth-order valence-electron chi connectivity index (χ4n) is 2.04. The largest absolute Gasteiger partial charge is 0.205 e. The summed E-state index contributed by atoms with van der Waals surface area (Å²) in [7, 11) is 0. The molecule has 0 aliphatic heterocycles. The molecule has 0 saturated heterocycles. The van der Waals surface area contributed by atoms with Gasteiger partial charge in [-0.2, -0.15) is 0 Å². The maximum Gasteiger partial charge on any atom is 0.205 e. The van der Waals surface area contributed by atoms with Gasteiger partial charge in [0, 0.05) is 11.4 Å². The van der Waals surface area contributed by atoms with Crippen molar-refractivity contribution in [2.24, 2.45) is 0 Å². The van der Waals surface area contributed by atoms with Crippen molar-refractivity contribution in [2.75, 3.05) is 0 Å². The van der Waals surface area contributed by atoms with Crippen molar-refractivity contribution in [3.63, 3.8) is 0 Å². The van der Waals surface area contributed by atoms with Crippen LogP contribution in [0.25, 0.3) is 17.1 Å². The van der Waals surface area contributed by atoms with E-state index in [1.807, 2.05) is 55.5 Å². The molecule has 1 aromatic heterocycles. The number of hydrogen-bond acceptors (Lipinski definition) is 3. The van der Waals surface area contributed by atoms with Gasteiger partial charge in [0.15, 0.2) is 0 Å². The predicted molar refractivity (Wildman–Crippen MR) is 78.9 cm³/mol. The Balaban J connectivity index is 1.98. The highest BCUT2D eigenvalue weighted by Gasteiger charge is 2.09. The van der Waals surface area contributed by atoms with Crippen LogP contribution in [0.3, 0.4) is 0 Å². The van der Waals surface area contributed by atoms with Gasteiger partial charge < -0.3 is 0 Å². The molecule has 0 spiro atoms. The maximum atomic E-state index is 5.83. The van der Waals surface area contributed by atoms with Gasteiger partial charge in [-0.1, -0.05) is 42.5 Å². The molecule has 0 bridgehead atoms. The molecular weight excluding hydrogens is 272 g/mol. The van der Waals surface area contributed by atoms with E-state index >= 15 is 0 Å².